The quantitative estimate of drug-likeness (QED) is 0.0122. The van der Waals surface area contributed by atoms with E-state index in [9.17, 15) is 57.8 Å². The van der Waals surface area contributed by atoms with E-state index < -0.39 is 77.7 Å². The molecule has 6 aromatic rings. The largest absolute Gasteiger partial charge is 0.447 e. The highest BCUT2D eigenvalue weighted by Crippen LogP contribution is 2.47. The molecule has 31 heteroatoms. The Labute approximate surface area is 605 Å². The third-order valence-corrected chi connectivity index (χ3v) is 18.2. The summed E-state index contributed by atoms with van der Waals surface area (Å²) in [5.74, 6) is -3.51. The number of aryl methyl sites for hydroxylation is 1. The Morgan fingerprint density at radius 1 is 0.798 bits per heavy atom. The average molecular weight is 1460 g/mol. The lowest BCUT2D eigenvalue weighted by atomic mass is 9.89. The lowest BCUT2D eigenvalue weighted by Crippen LogP contribution is -2.48. The summed E-state index contributed by atoms with van der Waals surface area (Å²) in [6, 6.07) is 21.8. The number of pyridine rings is 1. The monoisotopic (exact) mass is 1450 g/mol. The highest BCUT2D eigenvalue weighted by atomic mass is 35.5. The first-order valence-electron chi connectivity index (χ1n) is 34.2. The number of alkyl carbamates (subject to hydrolysis) is 1. The Bertz CT molecular complexity index is 4130. The second-order valence-electron chi connectivity index (χ2n) is 25.7. The number of benzene rings is 4. The number of ether oxygens (including phenoxy) is 6. The number of imidazole rings is 1. The molecule has 0 saturated carbocycles. The number of rotatable bonds is 34. The van der Waals surface area contributed by atoms with E-state index in [-0.39, 0.29) is 140 Å². The number of carbonyl (C=O) groups excluding carboxylic acids is 11. The summed E-state index contributed by atoms with van der Waals surface area (Å²) < 4.78 is 35.3. The van der Waals surface area contributed by atoms with Gasteiger partial charge in [-0.05, 0) is 103 Å². The number of amides is 10. The molecule has 2 aromatic heterocycles. The fourth-order valence-electron chi connectivity index (χ4n) is 12.1. The molecule has 0 radical (unpaired) electrons. The van der Waals surface area contributed by atoms with Crippen LogP contribution in [0.15, 0.2) is 109 Å². The molecule has 9 rings (SSSR count). The Hall–Kier alpha value is -10.5. The van der Waals surface area contributed by atoms with Crippen LogP contribution in [0.1, 0.15) is 82.1 Å². The van der Waals surface area contributed by atoms with Crippen molar-refractivity contribution in [3.05, 3.63) is 143 Å². The number of nitrogens with two attached hydrogens (primary N) is 1. The molecular formula is C73H87ClN12O18. The zero-order valence-electron chi connectivity index (χ0n) is 58.7. The number of imide groups is 1. The number of aliphatic hydroxyl groups excluding tert-OH is 1. The number of hydrogen-bond donors (Lipinski definition) is 5. The van der Waals surface area contributed by atoms with Crippen LogP contribution in [-0.2, 0) is 51.2 Å². The summed E-state index contributed by atoms with van der Waals surface area (Å²) in [5, 5.41) is 18.7. The second-order valence-corrected chi connectivity index (χ2v) is 26.0. The second kappa shape index (κ2) is 37.1. The minimum atomic E-state index is -1.04. The van der Waals surface area contributed by atoms with Crippen LogP contribution in [0.25, 0.3) is 16.4 Å². The summed E-state index contributed by atoms with van der Waals surface area (Å²) >= 11 is 6.70. The Balaban J connectivity index is 0.794. The van der Waals surface area contributed by atoms with Gasteiger partial charge in [-0.15, -0.1) is 11.6 Å². The van der Waals surface area contributed by atoms with Crippen molar-refractivity contribution < 1.29 is 86.3 Å². The number of anilines is 2. The summed E-state index contributed by atoms with van der Waals surface area (Å²) in [4.78, 5) is 158. The van der Waals surface area contributed by atoms with E-state index in [1.165, 1.54) is 16.8 Å². The predicted molar refractivity (Wildman–Crippen MR) is 382 cm³/mol. The highest BCUT2D eigenvalue weighted by molar-refractivity contribution is 6.19. The lowest BCUT2D eigenvalue weighted by molar-refractivity contribution is -0.137. The SMILES string of the molecule is Cc1cccc2c(OC(=O)N(CCOCCO)CCN(C)C(=O)OCc3ccc(NC(=O)[C@H](CCCNC(N)=O)CC(=O)[C@@H](NC(=O)OCCOCCN4C(=O)C=CC4=O)C(C)C)cc3)cc3c(c12)[C@H](CCl)CN3C(=O)c1cn2cc(CC(=O)c3ccc(OC(=O)N4CCN(C)CC4)cc3)ccc2n1. The van der Waals surface area contributed by atoms with Gasteiger partial charge in [0.25, 0.3) is 17.7 Å². The van der Waals surface area contributed by atoms with Gasteiger partial charge in [-0.2, -0.15) is 0 Å². The smallest absolute Gasteiger partial charge is 0.415 e. The van der Waals surface area contributed by atoms with Crippen LogP contribution in [0, 0.1) is 18.8 Å². The highest BCUT2D eigenvalue weighted by Gasteiger charge is 2.38. The van der Waals surface area contributed by atoms with E-state index in [1.807, 2.05) is 32.2 Å². The van der Waals surface area contributed by atoms with Gasteiger partial charge < -0.3 is 84.1 Å². The maximum Gasteiger partial charge on any atom is 0.415 e. The molecule has 0 aliphatic carbocycles. The Morgan fingerprint density at radius 2 is 1.52 bits per heavy atom. The lowest BCUT2D eigenvalue weighted by Gasteiger charge is -2.31. The third-order valence-electron chi connectivity index (χ3n) is 17.9. The van der Waals surface area contributed by atoms with Crippen molar-refractivity contribution in [2.45, 2.75) is 65.0 Å². The number of primary amides is 1. The van der Waals surface area contributed by atoms with Crippen molar-refractivity contribution in [3.63, 3.8) is 0 Å². The molecule has 1 saturated heterocycles. The summed E-state index contributed by atoms with van der Waals surface area (Å²) in [5.41, 5.74) is 9.91. The van der Waals surface area contributed by atoms with E-state index in [2.05, 4.69) is 25.8 Å². The number of carbonyl (C=O) groups is 11. The number of piperazine rings is 1. The van der Waals surface area contributed by atoms with Crippen LogP contribution >= 0.6 is 11.6 Å². The number of halogens is 1. The molecule has 3 atom stereocenters. The third kappa shape index (κ3) is 20.9. The Morgan fingerprint density at radius 3 is 2.22 bits per heavy atom. The molecule has 104 heavy (non-hydrogen) atoms. The molecule has 3 aliphatic heterocycles. The topological polar surface area (TPSA) is 362 Å². The van der Waals surface area contributed by atoms with E-state index in [4.69, 9.17) is 45.8 Å². The zero-order valence-corrected chi connectivity index (χ0v) is 59.4. The van der Waals surface area contributed by atoms with Crippen molar-refractivity contribution >= 4 is 105 Å². The fraction of sp³-hybridized carbons (Fsp3) is 0.425. The van der Waals surface area contributed by atoms with E-state index in [0.717, 1.165) is 46.7 Å². The minimum absolute atomic E-state index is 0.0000943. The fourth-order valence-corrected chi connectivity index (χ4v) is 12.4. The number of aromatic nitrogens is 2. The first kappa shape index (κ1) is 77.6. The van der Waals surface area contributed by atoms with Gasteiger partial charge >= 0.3 is 30.4 Å². The van der Waals surface area contributed by atoms with Crippen molar-refractivity contribution in [1.82, 2.24) is 44.5 Å². The molecule has 0 unspecified atom stereocenters. The molecule has 4 aromatic carbocycles. The molecule has 6 N–H and O–H groups in total. The number of urea groups is 1. The van der Waals surface area contributed by atoms with Gasteiger partial charge in [0.2, 0.25) is 5.91 Å². The Kier molecular flexibility index (Phi) is 27.7. The number of ketones is 2. The van der Waals surface area contributed by atoms with Gasteiger partial charge in [0.05, 0.1) is 51.3 Å². The molecule has 30 nitrogen and oxygen atoms in total. The van der Waals surface area contributed by atoms with Gasteiger partial charge in [0.1, 0.15) is 36.1 Å². The summed E-state index contributed by atoms with van der Waals surface area (Å²) in [6.45, 7) is 7.54. The van der Waals surface area contributed by atoms with E-state index in [1.54, 1.807) is 107 Å². The average Bonchev–Trinajstić information content (AvgIpc) is 1.56. The van der Waals surface area contributed by atoms with E-state index >= 15 is 0 Å². The van der Waals surface area contributed by atoms with Crippen molar-refractivity contribution in [2.75, 3.05) is 135 Å². The van der Waals surface area contributed by atoms with Crippen molar-refractivity contribution in [1.29, 1.82) is 0 Å². The molecule has 3 aliphatic rings. The molecule has 0 bridgehead atoms. The number of nitrogens with zero attached hydrogens (tertiary/aromatic N) is 8. The number of nitrogens with one attached hydrogen (secondary N) is 3. The molecule has 0 spiro atoms. The zero-order chi connectivity index (χ0) is 74.6. The van der Waals surface area contributed by atoms with Crippen LogP contribution in [0.2, 0.25) is 0 Å². The van der Waals surface area contributed by atoms with Gasteiger partial charge in [-0.3, -0.25) is 33.7 Å². The molecule has 1 fully saturated rings. The van der Waals surface area contributed by atoms with Crippen LogP contribution in [0.3, 0.4) is 0 Å². The van der Waals surface area contributed by atoms with Crippen LogP contribution in [0.5, 0.6) is 11.5 Å². The van der Waals surface area contributed by atoms with Crippen molar-refractivity contribution in [3.8, 4) is 11.5 Å². The molecule has 554 valence electrons. The van der Waals surface area contributed by atoms with Gasteiger partial charge in [-0.25, -0.2) is 29.0 Å². The van der Waals surface area contributed by atoms with Gasteiger partial charge in [0.15, 0.2) is 11.6 Å². The number of fused-ring (bicyclic) bond motifs is 4. The first-order valence-corrected chi connectivity index (χ1v) is 34.8. The molecule has 10 amide bonds. The van der Waals surface area contributed by atoms with Crippen LogP contribution in [0.4, 0.5) is 35.3 Å². The number of aliphatic hydroxyl groups is 1. The number of Topliss-reactive ketones (excluding diaryl/α,β-unsaturated/α-hetero) is 2. The normalized spacial score (nSPS) is 14.8. The standard InChI is InChI=1S/C73H87ClN12O18/c1-46(2)66(79-70(95)101-37-36-100-34-31-85-62(90)21-22-63(85)91)59(89)39-51(9-7-23-76-69(75)94)67(92)77-53-16-11-48(12-17-53)45-102-71(96)81(5)26-29-83(30-33-99-35-32-87)73(98)104-60-40-57-65(64-47(3)8-6-10-55(60)64)52(41-74)43-86(57)68(93)56-44-84-42-49(13-20-61(84)78-56)38-58(88)50-14-18-54(19-15-50)103-72(97)82-27-24-80(4)25-28-82/h6,8,10-22,40,42,44,46,51-52,66,87H,7,9,23-39,41,43,45H2,1-5H3,(H,77,92)(H,79,95)(H3,75,76,94)/t51-,52-,66+/m1/s1. The minimum Gasteiger partial charge on any atom is -0.447 e. The number of hydrogen-bond acceptors (Lipinski definition) is 20. The van der Waals surface area contributed by atoms with E-state index in [0.29, 0.717) is 57.9 Å². The number of likely N-dealkylation sites (N-methyl/N-ethyl adjacent to an activating group) is 2. The maximum absolute atomic E-state index is 14.8. The van der Waals surface area contributed by atoms with Crippen molar-refractivity contribution in [2.24, 2.45) is 17.6 Å². The predicted octanol–water partition coefficient (Wildman–Crippen LogP) is 6.68. The number of alkyl halides is 1. The maximum atomic E-state index is 14.8. The van der Waals surface area contributed by atoms with Gasteiger partial charge in [0, 0.05) is 144 Å². The van der Waals surface area contributed by atoms with Crippen LogP contribution in [-0.4, -0.2) is 236 Å². The summed E-state index contributed by atoms with van der Waals surface area (Å²) in [6.07, 6.45) is 2.96. The first-order chi connectivity index (χ1) is 50.0. The van der Waals surface area contributed by atoms with Gasteiger partial charge in [-0.1, -0.05) is 50.2 Å². The summed E-state index contributed by atoms with van der Waals surface area (Å²) in [7, 11) is 3.49. The molecular weight excluding hydrogens is 1370 g/mol. The molecule has 5 heterocycles. The van der Waals surface area contributed by atoms with Crippen LogP contribution < -0.4 is 36.1 Å².